The first-order valence-electron chi connectivity index (χ1n) is 5.54. The zero-order chi connectivity index (χ0) is 15.4. The molecule has 1 rings (SSSR count). The van der Waals surface area contributed by atoms with E-state index in [0.29, 0.717) is 4.57 Å². The fourth-order valence-corrected chi connectivity index (χ4v) is 2.37. The van der Waals surface area contributed by atoms with Crippen molar-refractivity contribution in [1.82, 2.24) is 9.13 Å². The number of carbonyl (C=O) groups excluding carboxylic acids is 1. The summed E-state index contributed by atoms with van der Waals surface area (Å²) in [7, 11) is 2.44. The maximum atomic E-state index is 11.8. The SMILES string of the molecule is CCOC(=O)CSc1c([N+](=O)[O-])c(=O)n(C)c(=O)n1C. The van der Waals surface area contributed by atoms with Crippen LogP contribution in [-0.4, -0.2) is 32.4 Å². The Morgan fingerprint density at radius 3 is 2.45 bits per heavy atom. The molecule has 0 aliphatic carbocycles. The Balaban J connectivity index is 3.31. The third kappa shape index (κ3) is 3.07. The minimum Gasteiger partial charge on any atom is -0.465 e. The van der Waals surface area contributed by atoms with Crippen molar-refractivity contribution in [1.29, 1.82) is 0 Å². The average molecular weight is 303 g/mol. The number of hydrogen-bond donors (Lipinski definition) is 0. The van der Waals surface area contributed by atoms with Crippen LogP contribution in [0.4, 0.5) is 5.69 Å². The highest BCUT2D eigenvalue weighted by Gasteiger charge is 2.26. The van der Waals surface area contributed by atoms with Crippen molar-refractivity contribution in [2.75, 3.05) is 12.4 Å². The van der Waals surface area contributed by atoms with Crippen LogP contribution in [0.1, 0.15) is 6.92 Å². The molecule has 1 aromatic heterocycles. The molecular weight excluding hydrogens is 290 g/mol. The molecule has 110 valence electrons. The van der Waals surface area contributed by atoms with Crippen LogP contribution in [0.2, 0.25) is 0 Å². The van der Waals surface area contributed by atoms with E-state index in [9.17, 15) is 24.5 Å². The fraction of sp³-hybridized carbons (Fsp3) is 0.500. The second-order valence-electron chi connectivity index (χ2n) is 3.71. The van der Waals surface area contributed by atoms with Crippen molar-refractivity contribution < 1.29 is 14.5 Å². The summed E-state index contributed by atoms with van der Waals surface area (Å²) in [6.07, 6.45) is 0. The minimum absolute atomic E-state index is 0.170. The van der Waals surface area contributed by atoms with Gasteiger partial charge < -0.3 is 4.74 Å². The van der Waals surface area contributed by atoms with Gasteiger partial charge in [0, 0.05) is 14.1 Å². The Labute approximate surface area is 117 Å². The van der Waals surface area contributed by atoms with Crippen LogP contribution in [0.5, 0.6) is 0 Å². The van der Waals surface area contributed by atoms with E-state index in [1.165, 1.54) is 7.05 Å². The molecule has 20 heavy (non-hydrogen) atoms. The molecule has 0 radical (unpaired) electrons. The van der Waals surface area contributed by atoms with Crippen LogP contribution in [0, 0.1) is 10.1 Å². The van der Waals surface area contributed by atoms with Gasteiger partial charge in [0.05, 0.1) is 17.3 Å². The van der Waals surface area contributed by atoms with Crippen LogP contribution in [0.25, 0.3) is 0 Å². The predicted octanol–water partition coefficient (Wildman–Crippen LogP) is -0.353. The van der Waals surface area contributed by atoms with E-state index in [2.05, 4.69) is 4.74 Å². The Morgan fingerprint density at radius 2 is 1.95 bits per heavy atom. The zero-order valence-electron chi connectivity index (χ0n) is 11.1. The third-order valence-electron chi connectivity index (χ3n) is 2.40. The normalized spacial score (nSPS) is 10.3. The van der Waals surface area contributed by atoms with E-state index in [1.807, 2.05) is 0 Å². The van der Waals surface area contributed by atoms with Crippen LogP contribution in [-0.2, 0) is 23.6 Å². The summed E-state index contributed by atoms with van der Waals surface area (Å²) in [6.45, 7) is 1.80. The van der Waals surface area contributed by atoms with Crippen molar-refractivity contribution >= 4 is 23.4 Å². The molecular formula is C10H13N3O6S. The molecule has 0 fully saturated rings. The Kier molecular flexibility index (Phi) is 5.08. The van der Waals surface area contributed by atoms with Crippen LogP contribution < -0.4 is 11.2 Å². The van der Waals surface area contributed by atoms with E-state index in [4.69, 9.17) is 0 Å². The number of hydrogen-bond acceptors (Lipinski definition) is 7. The van der Waals surface area contributed by atoms with E-state index in [-0.39, 0.29) is 17.4 Å². The van der Waals surface area contributed by atoms with Crippen LogP contribution >= 0.6 is 11.8 Å². The number of nitrogens with zero attached hydrogens (tertiary/aromatic N) is 3. The lowest BCUT2D eigenvalue weighted by atomic mass is 10.5. The Hall–Kier alpha value is -2.10. The first-order valence-corrected chi connectivity index (χ1v) is 6.52. The Morgan fingerprint density at radius 1 is 1.35 bits per heavy atom. The lowest BCUT2D eigenvalue weighted by Crippen LogP contribution is -2.39. The number of esters is 1. The second kappa shape index (κ2) is 6.37. The molecule has 1 aromatic rings. The quantitative estimate of drug-likeness (QED) is 0.240. The first-order chi connectivity index (χ1) is 9.31. The van der Waals surface area contributed by atoms with Crippen molar-refractivity contribution in [3.8, 4) is 0 Å². The van der Waals surface area contributed by atoms with Crippen molar-refractivity contribution in [2.24, 2.45) is 14.1 Å². The third-order valence-corrected chi connectivity index (χ3v) is 3.52. The summed E-state index contributed by atoms with van der Waals surface area (Å²) >= 11 is 0.721. The summed E-state index contributed by atoms with van der Waals surface area (Å²) in [5.41, 5.74) is -2.44. The summed E-state index contributed by atoms with van der Waals surface area (Å²) in [5, 5.41) is 10.8. The zero-order valence-corrected chi connectivity index (χ0v) is 11.9. The summed E-state index contributed by atoms with van der Waals surface area (Å²) in [6, 6.07) is 0. The highest BCUT2D eigenvalue weighted by molar-refractivity contribution is 8.00. The average Bonchev–Trinajstić information content (AvgIpc) is 2.38. The molecule has 0 saturated carbocycles. The number of rotatable bonds is 5. The monoisotopic (exact) mass is 303 g/mol. The maximum absolute atomic E-state index is 11.8. The number of nitro groups is 1. The fourth-order valence-electron chi connectivity index (χ4n) is 1.46. The standard InChI is InChI=1S/C10H13N3O6S/c1-4-19-6(14)5-20-9-7(13(17)18)8(15)11(2)10(16)12(9)3/h4-5H2,1-3H3. The predicted molar refractivity (Wildman–Crippen MR) is 70.9 cm³/mol. The topological polar surface area (TPSA) is 113 Å². The molecule has 0 unspecified atom stereocenters. The number of aromatic nitrogens is 2. The van der Waals surface area contributed by atoms with Gasteiger partial charge in [0.2, 0.25) is 0 Å². The van der Waals surface area contributed by atoms with Gasteiger partial charge in [0.1, 0.15) is 0 Å². The highest BCUT2D eigenvalue weighted by Crippen LogP contribution is 2.24. The van der Waals surface area contributed by atoms with Gasteiger partial charge in [-0.2, -0.15) is 0 Å². The van der Waals surface area contributed by atoms with Gasteiger partial charge in [-0.15, -0.1) is 0 Å². The highest BCUT2D eigenvalue weighted by atomic mass is 32.2. The van der Waals surface area contributed by atoms with Gasteiger partial charge in [-0.3, -0.25) is 28.8 Å². The summed E-state index contributed by atoms with van der Waals surface area (Å²) < 4.78 is 6.29. The molecule has 0 bridgehead atoms. The molecule has 0 amide bonds. The van der Waals surface area contributed by atoms with E-state index in [0.717, 1.165) is 23.4 Å². The molecule has 0 aromatic carbocycles. The van der Waals surface area contributed by atoms with Gasteiger partial charge in [0.25, 0.3) is 0 Å². The molecule has 1 heterocycles. The summed E-state index contributed by atoms with van der Waals surface area (Å²) in [4.78, 5) is 44.9. The molecule has 0 aliphatic rings. The largest absolute Gasteiger partial charge is 0.465 e. The lowest BCUT2D eigenvalue weighted by molar-refractivity contribution is -0.390. The minimum atomic E-state index is -1.01. The van der Waals surface area contributed by atoms with E-state index >= 15 is 0 Å². The molecule has 0 saturated heterocycles. The maximum Gasteiger partial charge on any atom is 0.364 e. The van der Waals surface area contributed by atoms with E-state index in [1.54, 1.807) is 6.92 Å². The van der Waals surface area contributed by atoms with Gasteiger partial charge >= 0.3 is 22.9 Å². The van der Waals surface area contributed by atoms with Crippen molar-refractivity contribution in [3.05, 3.63) is 31.0 Å². The molecule has 10 heteroatoms. The molecule has 0 N–H and O–H groups in total. The van der Waals surface area contributed by atoms with Gasteiger partial charge in [-0.25, -0.2) is 4.79 Å². The van der Waals surface area contributed by atoms with Gasteiger partial charge in [-0.05, 0) is 6.92 Å². The van der Waals surface area contributed by atoms with Crippen LogP contribution in [0.15, 0.2) is 14.6 Å². The number of ether oxygens (including phenoxy) is 1. The van der Waals surface area contributed by atoms with Gasteiger partial charge in [-0.1, -0.05) is 11.8 Å². The smallest absolute Gasteiger partial charge is 0.364 e. The Bertz CT molecular complexity index is 662. The summed E-state index contributed by atoms with van der Waals surface area (Å²) in [5.74, 6) is -0.810. The first kappa shape index (κ1) is 16.0. The second-order valence-corrected chi connectivity index (χ2v) is 4.67. The van der Waals surface area contributed by atoms with Gasteiger partial charge in [0.15, 0.2) is 5.03 Å². The molecule has 9 nitrogen and oxygen atoms in total. The molecule has 0 spiro atoms. The van der Waals surface area contributed by atoms with Crippen LogP contribution in [0.3, 0.4) is 0 Å². The lowest BCUT2D eigenvalue weighted by Gasteiger charge is -2.09. The number of carbonyl (C=O) groups is 1. The van der Waals surface area contributed by atoms with E-state index < -0.39 is 27.8 Å². The molecule has 0 aliphatic heterocycles. The van der Waals surface area contributed by atoms with Crippen molar-refractivity contribution in [2.45, 2.75) is 11.9 Å². The number of thioether (sulfide) groups is 1. The van der Waals surface area contributed by atoms with Crippen molar-refractivity contribution in [3.63, 3.8) is 0 Å². The molecule has 0 atom stereocenters.